The van der Waals surface area contributed by atoms with Crippen LogP contribution in [0.5, 0.6) is 0 Å². The molecule has 1 heterocycles. The van der Waals surface area contributed by atoms with E-state index in [-0.39, 0.29) is 37.0 Å². The Morgan fingerprint density at radius 3 is 2.21 bits per heavy atom. The number of nitrogens with zero attached hydrogens (tertiary/aromatic N) is 2. The molecule has 3 rings (SSSR count). The molecular weight excluding hydrogens is 410 g/mol. The minimum Gasteiger partial charge on any atom is -0.337 e. The van der Waals surface area contributed by atoms with Crippen molar-refractivity contribution in [2.24, 2.45) is 0 Å². The Morgan fingerprint density at radius 2 is 1.61 bits per heavy atom. The van der Waals surface area contributed by atoms with E-state index in [4.69, 9.17) is 11.6 Å². The fraction of sp³-hybridized carbons (Fsp3) is 0.211. The van der Waals surface area contributed by atoms with Crippen molar-refractivity contribution < 1.29 is 22.0 Å². The van der Waals surface area contributed by atoms with Crippen LogP contribution in [-0.4, -0.2) is 49.7 Å². The number of rotatable bonds is 4. The largest absolute Gasteiger partial charge is 0.337 e. The molecule has 0 aromatic heterocycles. The summed E-state index contributed by atoms with van der Waals surface area (Å²) >= 11 is 5.81. The summed E-state index contributed by atoms with van der Waals surface area (Å²) in [6.07, 6.45) is 3.08. The average molecular weight is 427 g/mol. The monoisotopic (exact) mass is 426 g/mol. The van der Waals surface area contributed by atoms with Crippen LogP contribution in [0, 0.1) is 11.6 Å². The van der Waals surface area contributed by atoms with Crippen LogP contribution in [0.3, 0.4) is 0 Å². The van der Waals surface area contributed by atoms with Gasteiger partial charge in [0.25, 0.3) is 0 Å². The van der Waals surface area contributed by atoms with Crippen molar-refractivity contribution in [1.29, 1.82) is 0 Å². The topological polar surface area (TPSA) is 57.7 Å². The predicted molar refractivity (Wildman–Crippen MR) is 102 cm³/mol. The number of hydrogen-bond donors (Lipinski definition) is 0. The average Bonchev–Trinajstić information content (AvgIpc) is 2.69. The van der Waals surface area contributed by atoms with E-state index in [1.54, 1.807) is 30.3 Å². The number of sulfonamides is 1. The highest BCUT2D eigenvalue weighted by Gasteiger charge is 2.30. The molecule has 0 N–H and O–H groups in total. The van der Waals surface area contributed by atoms with Gasteiger partial charge in [-0.15, -0.1) is 0 Å². The molecule has 9 heteroatoms. The van der Waals surface area contributed by atoms with Gasteiger partial charge < -0.3 is 4.90 Å². The van der Waals surface area contributed by atoms with Crippen LogP contribution in [0.4, 0.5) is 8.78 Å². The Kier molecular flexibility index (Phi) is 6.12. The fourth-order valence-electron chi connectivity index (χ4n) is 2.78. The number of benzene rings is 2. The molecule has 28 heavy (non-hydrogen) atoms. The summed E-state index contributed by atoms with van der Waals surface area (Å²) in [5.74, 6) is -2.57. The van der Waals surface area contributed by atoms with Crippen LogP contribution < -0.4 is 0 Å². The van der Waals surface area contributed by atoms with Crippen molar-refractivity contribution in [2.45, 2.75) is 4.90 Å². The van der Waals surface area contributed by atoms with Crippen LogP contribution >= 0.6 is 11.6 Å². The number of carbonyl (C=O) groups is 1. The second-order valence-electron chi connectivity index (χ2n) is 6.19. The number of halogens is 3. The molecule has 0 unspecified atom stereocenters. The Morgan fingerprint density at radius 1 is 0.964 bits per heavy atom. The zero-order chi connectivity index (χ0) is 20.3. The van der Waals surface area contributed by atoms with E-state index in [9.17, 15) is 22.0 Å². The van der Waals surface area contributed by atoms with Crippen LogP contribution in [0.15, 0.2) is 53.4 Å². The zero-order valence-corrected chi connectivity index (χ0v) is 16.3. The standard InChI is InChI=1S/C19H17ClF2N2O3S/c20-15-4-1-14(2-5-15)3-8-19(25)23-9-11-24(12-10-23)28(26,27)16-6-7-17(21)18(22)13-16/h1-8,13H,9-12H2/b8-3+. The molecule has 1 aliphatic heterocycles. The van der Waals surface area contributed by atoms with Crippen molar-refractivity contribution in [3.8, 4) is 0 Å². The van der Waals surface area contributed by atoms with Gasteiger partial charge >= 0.3 is 0 Å². The highest BCUT2D eigenvalue weighted by molar-refractivity contribution is 7.89. The van der Waals surface area contributed by atoms with E-state index < -0.39 is 21.7 Å². The smallest absolute Gasteiger partial charge is 0.246 e. The lowest BCUT2D eigenvalue weighted by atomic mass is 10.2. The van der Waals surface area contributed by atoms with Crippen LogP contribution in [0.1, 0.15) is 5.56 Å². The Bertz CT molecular complexity index is 1000. The lowest BCUT2D eigenvalue weighted by Gasteiger charge is -2.33. The second kappa shape index (κ2) is 8.38. The van der Waals surface area contributed by atoms with Gasteiger partial charge in [0.15, 0.2) is 11.6 Å². The lowest BCUT2D eigenvalue weighted by molar-refractivity contribution is -0.127. The molecule has 1 saturated heterocycles. The third-order valence-electron chi connectivity index (χ3n) is 4.37. The van der Waals surface area contributed by atoms with E-state index in [2.05, 4.69) is 0 Å². The normalized spacial score (nSPS) is 15.9. The molecule has 2 aromatic carbocycles. The second-order valence-corrected chi connectivity index (χ2v) is 8.56. The predicted octanol–water partition coefficient (Wildman–Crippen LogP) is 3.16. The maximum atomic E-state index is 13.4. The minimum absolute atomic E-state index is 0.0713. The minimum atomic E-state index is -3.95. The van der Waals surface area contributed by atoms with Crippen LogP contribution in [0.25, 0.3) is 6.08 Å². The molecule has 2 aromatic rings. The Labute approximate surface area is 166 Å². The molecule has 0 saturated carbocycles. The molecule has 1 fully saturated rings. The van der Waals surface area contributed by atoms with Gasteiger partial charge in [-0.1, -0.05) is 23.7 Å². The quantitative estimate of drug-likeness (QED) is 0.706. The van der Waals surface area contributed by atoms with Crippen molar-refractivity contribution in [3.63, 3.8) is 0 Å². The van der Waals surface area contributed by atoms with Crippen molar-refractivity contribution in [2.75, 3.05) is 26.2 Å². The fourth-order valence-corrected chi connectivity index (χ4v) is 4.34. The summed E-state index contributed by atoms with van der Waals surface area (Å²) in [7, 11) is -3.95. The van der Waals surface area contributed by atoms with Crippen molar-refractivity contribution >= 4 is 33.6 Å². The summed E-state index contributed by atoms with van der Waals surface area (Å²) in [5.41, 5.74) is 0.817. The molecule has 1 amide bonds. The van der Waals surface area contributed by atoms with E-state index in [0.717, 1.165) is 22.0 Å². The van der Waals surface area contributed by atoms with Gasteiger partial charge in [-0.3, -0.25) is 4.79 Å². The Hall–Kier alpha value is -2.29. The molecular formula is C19H17ClF2N2O3S. The van der Waals surface area contributed by atoms with E-state index in [0.29, 0.717) is 11.1 Å². The third kappa shape index (κ3) is 4.57. The molecule has 0 aliphatic carbocycles. The SMILES string of the molecule is O=C(/C=C/c1ccc(Cl)cc1)N1CCN(S(=O)(=O)c2ccc(F)c(F)c2)CC1. The first-order chi connectivity index (χ1) is 13.3. The summed E-state index contributed by atoms with van der Waals surface area (Å²) in [4.78, 5) is 13.5. The molecule has 0 radical (unpaired) electrons. The molecule has 0 spiro atoms. The number of piperazine rings is 1. The molecule has 0 atom stereocenters. The van der Waals surface area contributed by atoms with Crippen molar-refractivity contribution in [1.82, 2.24) is 9.21 Å². The summed E-state index contributed by atoms with van der Waals surface area (Å²) < 4.78 is 52.7. The van der Waals surface area contributed by atoms with Gasteiger partial charge in [0.2, 0.25) is 15.9 Å². The van der Waals surface area contributed by atoms with Crippen molar-refractivity contribution in [3.05, 3.63) is 70.8 Å². The first-order valence-corrected chi connectivity index (χ1v) is 10.3. The molecule has 1 aliphatic rings. The Balaban J connectivity index is 1.62. The maximum Gasteiger partial charge on any atom is 0.246 e. The molecule has 148 valence electrons. The number of amides is 1. The highest BCUT2D eigenvalue weighted by atomic mass is 35.5. The van der Waals surface area contributed by atoms with Crippen LogP contribution in [-0.2, 0) is 14.8 Å². The summed E-state index contributed by atoms with van der Waals surface area (Å²) in [6, 6.07) is 9.46. The van der Waals surface area contributed by atoms with Gasteiger partial charge in [-0.2, -0.15) is 4.31 Å². The van der Waals surface area contributed by atoms with E-state index >= 15 is 0 Å². The first-order valence-electron chi connectivity index (χ1n) is 8.45. The van der Waals surface area contributed by atoms with Gasteiger partial charge in [0, 0.05) is 37.3 Å². The van der Waals surface area contributed by atoms with Gasteiger partial charge in [0.05, 0.1) is 4.90 Å². The summed E-state index contributed by atoms with van der Waals surface area (Å²) in [5, 5.41) is 0.599. The number of carbonyl (C=O) groups excluding carboxylic acids is 1. The third-order valence-corrected chi connectivity index (χ3v) is 6.51. The van der Waals surface area contributed by atoms with Crippen LogP contribution in [0.2, 0.25) is 5.02 Å². The number of hydrogen-bond acceptors (Lipinski definition) is 3. The zero-order valence-electron chi connectivity index (χ0n) is 14.7. The van der Waals surface area contributed by atoms with E-state index in [1.807, 2.05) is 0 Å². The maximum absolute atomic E-state index is 13.4. The van der Waals surface area contributed by atoms with Gasteiger partial charge in [-0.25, -0.2) is 17.2 Å². The highest BCUT2D eigenvalue weighted by Crippen LogP contribution is 2.20. The molecule has 0 bridgehead atoms. The van der Waals surface area contributed by atoms with E-state index in [1.165, 1.54) is 11.0 Å². The molecule has 5 nitrogen and oxygen atoms in total. The van der Waals surface area contributed by atoms with Gasteiger partial charge in [-0.05, 0) is 42.0 Å². The first kappa shape index (κ1) is 20.4. The summed E-state index contributed by atoms with van der Waals surface area (Å²) in [6.45, 7) is 0.545. The van der Waals surface area contributed by atoms with Gasteiger partial charge in [0.1, 0.15) is 0 Å². The lowest BCUT2D eigenvalue weighted by Crippen LogP contribution is -2.50.